The van der Waals surface area contributed by atoms with E-state index in [0.29, 0.717) is 12.0 Å². The first-order valence-electron chi connectivity index (χ1n) is 7.49. The molecule has 1 aliphatic heterocycles. The maximum atomic E-state index is 12.7. The van der Waals surface area contributed by atoms with E-state index in [1.807, 2.05) is 13.0 Å². The average molecular weight is 682 g/mol. The van der Waals surface area contributed by atoms with Crippen molar-refractivity contribution in [3.63, 3.8) is 0 Å². The second kappa shape index (κ2) is 7.44. The molecule has 3 rings (SSSR count). The number of ether oxygens (including phenoxy) is 2. The van der Waals surface area contributed by atoms with E-state index in [1.165, 1.54) is 0 Å². The number of aliphatic carboxylic acids is 1. The van der Waals surface area contributed by atoms with E-state index in [-0.39, 0.29) is 5.92 Å². The van der Waals surface area contributed by atoms with Gasteiger partial charge in [0.15, 0.2) is 5.92 Å². The van der Waals surface area contributed by atoms with Crippen LogP contribution in [0, 0.1) is 28.5 Å². The minimum atomic E-state index is -1.28. The highest BCUT2D eigenvalue weighted by Gasteiger charge is 2.58. The van der Waals surface area contributed by atoms with Crippen LogP contribution < -0.4 is 0 Å². The van der Waals surface area contributed by atoms with Gasteiger partial charge in [0, 0.05) is 16.6 Å². The van der Waals surface area contributed by atoms with Crippen LogP contribution >= 0.6 is 67.8 Å². The molecule has 1 aliphatic carbocycles. The standard InChI is InChI=1S/C16H13I3O6/c1-5-2-7-10(14(20)21)16(23)24-12(5)13(7)25-15(22)8-3-6(17)4-9(18)11(8)19/h3-5,7,10,12-13H,2H2,1H3,(H,20,21). The number of esters is 2. The molecule has 1 aromatic rings. The Morgan fingerprint density at radius 3 is 2.60 bits per heavy atom. The third-order valence-corrected chi connectivity index (χ3v) is 8.27. The van der Waals surface area contributed by atoms with E-state index in [2.05, 4.69) is 67.8 Å². The summed E-state index contributed by atoms with van der Waals surface area (Å²) in [6, 6.07) is 3.69. The summed E-state index contributed by atoms with van der Waals surface area (Å²) in [5, 5.41) is 9.36. The fourth-order valence-electron chi connectivity index (χ4n) is 3.49. The molecule has 1 N–H and O–H groups in total. The van der Waals surface area contributed by atoms with Crippen molar-refractivity contribution in [3.05, 3.63) is 28.4 Å². The number of rotatable bonds is 3. The van der Waals surface area contributed by atoms with Gasteiger partial charge in [-0.1, -0.05) is 6.92 Å². The van der Waals surface area contributed by atoms with Gasteiger partial charge in [-0.3, -0.25) is 9.59 Å². The van der Waals surface area contributed by atoms with Crippen LogP contribution in [0.1, 0.15) is 23.7 Å². The van der Waals surface area contributed by atoms with Gasteiger partial charge in [-0.2, -0.15) is 0 Å². The number of benzene rings is 1. The lowest BCUT2D eigenvalue weighted by Crippen LogP contribution is -2.49. The second-order valence-electron chi connectivity index (χ2n) is 6.21. The first-order chi connectivity index (χ1) is 11.7. The van der Waals surface area contributed by atoms with Gasteiger partial charge in [0.25, 0.3) is 0 Å². The van der Waals surface area contributed by atoms with E-state index < -0.39 is 42.0 Å². The fourth-order valence-corrected chi connectivity index (χ4v) is 5.86. The first kappa shape index (κ1) is 19.6. The fraction of sp³-hybridized carbons (Fsp3) is 0.438. The molecule has 2 aliphatic rings. The van der Waals surface area contributed by atoms with Crippen molar-refractivity contribution >= 4 is 85.7 Å². The summed E-state index contributed by atoms with van der Waals surface area (Å²) in [6.07, 6.45) is -0.837. The Labute approximate surface area is 184 Å². The van der Waals surface area contributed by atoms with E-state index in [4.69, 9.17) is 9.47 Å². The highest BCUT2D eigenvalue weighted by atomic mass is 127. The zero-order valence-corrected chi connectivity index (χ0v) is 19.3. The van der Waals surface area contributed by atoms with Crippen LogP contribution in [0.2, 0.25) is 0 Å². The minimum Gasteiger partial charge on any atom is -0.481 e. The Balaban J connectivity index is 1.89. The molecule has 1 heterocycles. The molecule has 1 saturated heterocycles. The molecule has 0 amide bonds. The number of fused-ring (bicyclic) bond motifs is 2. The summed E-state index contributed by atoms with van der Waals surface area (Å²) in [6.45, 7) is 1.88. The van der Waals surface area contributed by atoms with Crippen LogP contribution in [0.4, 0.5) is 0 Å². The summed E-state index contributed by atoms with van der Waals surface area (Å²) in [4.78, 5) is 36.1. The molecule has 1 saturated carbocycles. The SMILES string of the molecule is CC1CC2C(C(=O)O)C(=O)OC1C2OC(=O)c1cc(I)cc(I)c1I. The van der Waals surface area contributed by atoms with E-state index in [1.54, 1.807) is 6.07 Å². The molecule has 134 valence electrons. The van der Waals surface area contributed by atoms with Crippen LogP contribution in [0.3, 0.4) is 0 Å². The van der Waals surface area contributed by atoms with Gasteiger partial charge in [-0.05, 0) is 92.2 Å². The molecule has 9 heteroatoms. The predicted molar refractivity (Wildman–Crippen MR) is 112 cm³/mol. The Bertz CT molecular complexity index is 764. The second-order valence-corrected chi connectivity index (χ2v) is 9.70. The molecular weight excluding hydrogens is 669 g/mol. The number of hydrogen-bond donors (Lipinski definition) is 1. The van der Waals surface area contributed by atoms with Crippen molar-refractivity contribution in [1.82, 2.24) is 0 Å². The molecule has 5 atom stereocenters. The van der Waals surface area contributed by atoms with Crippen LogP contribution in [-0.4, -0.2) is 35.2 Å². The highest BCUT2D eigenvalue weighted by Crippen LogP contribution is 2.45. The average Bonchev–Trinajstić information content (AvgIpc) is 2.71. The summed E-state index contributed by atoms with van der Waals surface area (Å²) in [7, 11) is 0. The van der Waals surface area contributed by atoms with Gasteiger partial charge in [-0.15, -0.1) is 0 Å². The van der Waals surface area contributed by atoms with Gasteiger partial charge < -0.3 is 14.6 Å². The number of carboxylic acid groups (broad SMARTS) is 1. The Morgan fingerprint density at radius 1 is 1.28 bits per heavy atom. The van der Waals surface area contributed by atoms with Gasteiger partial charge >= 0.3 is 17.9 Å². The van der Waals surface area contributed by atoms with Crippen LogP contribution in [0.15, 0.2) is 12.1 Å². The minimum absolute atomic E-state index is 0.0498. The molecule has 25 heavy (non-hydrogen) atoms. The number of hydrogen-bond acceptors (Lipinski definition) is 5. The van der Waals surface area contributed by atoms with Crippen molar-refractivity contribution in [1.29, 1.82) is 0 Å². The number of carbonyl (C=O) groups excluding carboxylic acids is 2. The molecular formula is C16H13I3O6. The maximum absolute atomic E-state index is 12.7. The quantitative estimate of drug-likeness (QED) is 0.228. The van der Waals surface area contributed by atoms with Crippen molar-refractivity contribution in [2.75, 3.05) is 0 Å². The van der Waals surface area contributed by atoms with Crippen molar-refractivity contribution < 1.29 is 29.0 Å². The molecule has 2 bridgehead atoms. The van der Waals surface area contributed by atoms with Crippen LogP contribution in [0.5, 0.6) is 0 Å². The summed E-state index contributed by atoms with van der Waals surface area (Å²) < 4.78 is 13.6. The lowest BCUT2D eigenvalue weighted by Gasteiger charge is -2.33. The molecule has 1 aromatic carbocycles. The molecule has 0 aromatic heterocycles. The van der Waals surface area contributed by atoms with Gasteiger partial charge in [0.1, 0.15) is 12.2 Å². The highest BCUT2D eigenvalue weighted by molar-refractivity contribution is 14.1. The van der Waals surface area contributed by atoms with Crippen molar-refractivity contribution in [2.24, 2.45) is 17.8 Å². The zero-order valence-electron chi connectivity index (χ0n) is 12.9. The molecule has 5 unspecified atom stereocenters. The lowest BCUT2D eigenvalue weighted by atomic mass is 9.87. The van der Waals surface area contributed by atoms with E-state index in [9.17, 15) is 19.5 Å². The number of halogens is 3. The molecule has 2 fully saturated rings. The van der Waals surface area contributed by atoms with Gasteiger partial charge in [-0.25, -0.2) is 4.79 Å². The van der Waals surface area contributed by atoms with Crippen molar-refractivity contribution in [2.45, 2.75) is 25.6 Å². The van der Waals surface area contributed by atoms with E-state index in [0.717, 1.165) is 10.7 Å². The number of carboxylic acids is 1. The third kappa shape index (κ3) is 3.64. The lowest BCUT2D eigenvalue weighted by molar-refractivity contribution is -0.181. The van der Waals surface area contributed by atoms with E-state index >= 15 is 0 Å². The maximum Gasteiger partial charge on any atom is 0.339 e. The Morgan fingerprint density at radius 2 is 1.96 bits per heavy atom. The summed E-state index contributed by atoms with van der Waals surface area (Å²) >= 11 is 6.37. The number of carbonyl (C=O) groups is 3. The monoisotopic (exact) mass is 682 g/mol. The first-order valence-corrected chi connectivity index (χ1v) is 10.7. The van der Waals surface area contributed by atoms with Crippen molar-refractivity contribution in [3.8, 4) is 0 Å². The van der Waals surface area contributed by atoms with Gasteiger partial charge in [0.05, 0.1) is 5.56 Å². The topological polar surface area (TPSA) is 89.9 Å². The predicted octanol–water partition coefficient (Wildman–Crippen LogP) is 3.31. The third-order valence-electron chi connectivity index (χ3n) is 4.61. The zero-order chi connectivity index (χ0) is 18.5. The molecule has 0 spiro atoms. The smallest absolute Gasteiger partial charge is 0.339 e. The Hall–Kier alpha value is -0.180. The normalized spacial score (nSPS) is 30.7. The van der Waals surface area contributed by atoms with Crippen LogP contribution in [0.25, 0.3) is 0 Å². The molecule has 6 nitrogen and oxygen atoms in total. The largest absolute Gasteiger partial charge is 0.481 e. The Kier molecular flexibility index (Phi) is 5.83. The molecule has 0 radical (unpaired) electrons. The summed E-state index contributed by atoms with van der Waals surface area (Å²) in [5.41, 5.74) is 0.438. The van der Waals surface area contributed by atoms with Crippen LogP contribution in [-0.2, 0) is 19.1 Å². The summed E-state index contributed by atoms with van der Waals surface area (Å²) in [5.74, 6) is -4.38. The van der Waals surface area contributed by atoms with Gasteiger partial charge in [0.2, 0.25) is 0 Å².